The van der Waals surface area contributed by atoms with Crippen LogP contribution in [0.25, 0.3) is 0 Å². The maximum absolute atomic E-state index is 4.59. The van der Waals surface area contributed by atoms with E-state index in [4.69, 9.17) is 0 Å². The van der Waals surface area contributed by atoms with Gasteiger partial charge in [-0.1, -0.05) is 0 Å². The van der Waals surface area contributed by atoms with E-state index >= 15 is 0 Å². The predicted molar refractivity (Wildman–Crippen MR) is 134 cm³/mol. The SMILES string of the molecule is BrC1CCC(CP(Br)(c2ccccc2)(c2ccccc2)c2ccccc2)CC1. The van der Waals surface area contributed by atoms with Crippen LogP contribution in [-0.2, 0) is 0 Å². The average Bonchev–Trinajstić information content (AvgIpc) is 2.77. The molecule has 3 heteroatoms. The van der Waals surface area contributed by atoms with Crippen LogP contribution in [0.3, 0.4) is 0 Å². The summed E-state index contributed by atoms with van der Waals surface area (Å²) in [7, 11) is 0. The third kappa shape index (κ3) is 3.64. The fraction of sp³-hybridized carbons (Fsp3) is 0.280. The molecule has 1 aliphatic rings. The second-order valence-corrected chi connectivity index (χ2v) is 18.3. The van der Waals surface area contributed by atoms with Gasteiger partial charge in [-0.05, 0) is 0 Å². The molecule has 0 spiro atoms. The van der Waals surface area contributed by atoms with Gasteiger partial charge in [0.15, 0.2) is 0 Å². The molecule has 0 nitrogen and oxygen atoms in total. The molecular formula is C25H27Br2P. The van der Waals surface area contributed by atoms with Crippen LogP contribution >= 0.6 is 36.7 Å². The molecule has 0 radical (unpaired) electrons. The molecule has 0 N–H and O–H groups in total. The van der Waals surface area contributed by atoms with Crippen LogP contribution in [0.1, 0.15) is 25.7 Å². The molecule has 0 aliphatic heterocycles. The van der Waals surface area contributed by atoms with E-state index in [1.807, 2.05) is 0 Å². The Morgan fingerprint density at radius 1 is 0.607 bits per heavy atom. The van der Waals surface area contributed by atoms with Crippen LogP contribution in [0.15, 0.2) is 91.0 Å². The predicted octanol–water partition coefficient (Wildman–Crippen LogP) is 6.78. The fourth-order valence-corrected chi connectivity index (χ4v) is 13.9. The number of benzene rings is 3. The minimum absolute atomic E-state index is 0.690. The molecule has 0 saturated heterocycles. The molecule has 3 aromatic rings. The standard InChI is InChI=1S/C25H27Br2P/c26-22-18-16-21(17-19-22)20-28(27,23-10-4-1-5-11-23,24-12-6-2-7-13-24)25-14-8-3-9-15-25/h1-15,21-22H,16-20H2. The van der Waals surface area contributed by atoms with E-state index in [1.165, 1.54) is 47.8 Å². The van der Waals surface area contributed by atoms with Crippen LogP contribution < -0.4 is 15.9 Å². The number of hydrogen-bond acceptors (Lipinski definition) is 0. The van der Waals surface area contributed by atoms with Crippen LogP contribution in [0.2, 0.25) is 0 Å². The number of hydrogen-bond donors (Lipinski definition) is 0. The summed E-state index contributed by atoms with van der Waals surface area (Å²) in [6.45, 7) is 0. The molecular weight excluding hydrogens is 491 g/mol. The van der Waals surface area contributed by atoms with Gasteiger partial charge in [0.1, 0.15) is 0 Å². The third-order valence-corrected chi connectivity index (χ3v) is 17.1. The van der Waals surface area contributed by atoms with E-state index in [1.54, 1.807) is 0 Å². The summed E-state index contributed by atoms with van der Waals surface area (Å²) in [6.07, 6.45) is 6.34. The first-order valence-corrected chi connectivity index (χ1v) is 15.5. The van der Waals surface area contributed by atoms with Gasteiger partial charge in [-0.25, -0.2) is 0 Å². The number of rotatable bonds is 5. The van der Waals surface area contributed by atoms with Crippen molar-refractivity contribution >= 4 is 52.6 Å². The van der Waals surface area contributed by atoms with Crippen molar-refractivity contribution in [3.05, 3.63) is 91.0 Å². The first-order chi connectivity index (χ1) is 13.6. The molecule has 0 heterocycles. The quantitative estimate of drug-likeness (QED) is 0.258. The minimum atomic E-state index is -2.75. The van der Waals surface area contributed by atoms with Gasteiger partial charge < -0.3 is 0 Å². The monoisotopic (exact) mass is 516 g/mol. The first kappa shape index (κ1) is 20.3. The second-order valence-electron chi connectivity index (χ2n) is 7.99. The zero-order valence-corrected chi connectivity index (χ0v) is 20.1. The van der Waals surface area contributed by atoms with E-state index in [0.29, 0.717) is 4.83 Å². The van der Waals surface area contributed by atoms with E-state index in [0.717, 1.165) is 5.92 Å². The van der Waals surface area contributed by atoms with Crippen molar-refractivity contribution in [2.24, 2.45) is 5.92 Å². The Labute approximate surface area is 185 Å². The molecule has 1 fully saturated rings. The zero-order chi connectivity index (χ0) is 19.5. The van der Waals surface area contributed by atoms with Crippen molar-refractivity contribution in [1.82, 2.24) is 0 Å². The van der Waals surface area contributed by atoms with Gasteiger partial charge in [0.2, 0.25) is 0 Å². The van der Waals surface area contributed by atoms with Crippen molar-refractivity contribution in [3.8, 4) is 0 Å². The van der Waals surface area contributed by atoms with E-state index in [9.17, 15) is 0 Å². The first-order valence-electron chi connectivity index (χ1n) is 10.1. The Hall–Kier alpha value is -0.950. The van der Waals surface area contributed by atoms with E-state index in [-0.39, 0.29) is 0 Å². The van der Waals surface area contributed by atoms with Gasteiger partial charge in [0.05, 0.1) is 0 Å². The van der Waals surface area contributed by atoms with Crippen LogP contribution in [0, 0.1) is 5.92 Å². The van der Waals surface area contributed by atoms with Crippen molar-refractivity contribution in [2.75, 3.05) is 6.16 Å². The fourth-order valence-electron chi connectivity index (χ4n) is 4.77. The molecule has 0 bridgehead atoms. The van der Waals surface area contributed by atoms with Gasteiger partial charge in [0, 0.05) is 0 Å². The van der Waals surface area contributed by atoms with Crippen LogP contribution in [-0.4, -0.2) is 11.0 Å². The Bertz CT molecular complexity index is 788. The van der Waals surface area contributed by atoms with Crippen molar-refractivity contribution < 1.29 is 0 Å². The normalized spacial score (nSPS) is 21.6. The molecule has 28 heavy (non-hydrogen) atoms. The Morgan fingerprint density at radius 3 is 1.32 bits per heavy atom. The molecule has 1 aliphatic carbocycles. The Morgan fingerprint density at radius 2 is 0.964 bits per heavy atom. The maximum atomic E-state index is 4.59. The van der Waals surface area contributed by atoms with Crippen molar-refractivity contribution in [3.63, 3.8) is 0 Å². The molecule has 1 saturated carbocycles. The molecule has 146 valence electrons. The summed E-state index contributed by atoms with van der Waals surface area (Å²) in [6, 6.07) is 33.6. The Kier molecular flexibility index (Phi) is 6.12. The molecule has 0 unspecified atom stereocenters. The average molecular weight is 518 g/mol. The number of alkyl halides is 1. The summed E-state index contributed by atoms with van der Waals surface area (Å²) in [5.74, 6) is 0.728. The van der Waals surface area contributed by atoms with Crippen molar-refractivity contribution in [1.29, 1.82) is 0 Å². The summed E-state index contributed by atoms with van der Waals surface area (Å²) >= 11 is 8.43. The van der Waals surface area contributed by atoms with E-state index < -0.39 is 5.31 Å². The van der Waals surface area contributed by atoms with Crippen LogP contribution in [0.5, 0.6) is 0 Å². The van der Waals surface area contributed by atoms with Gasteiger partial charge in [-0.3, -0.25) is 0 Å². The van der Waals surface area contributed by atoms with Crippen molar-refractivity contribution in [2.45, 2.75) is 30.5 Å². The summed E-state index contributed by atoms with van der Waals surface area (Å²) in [5, 5.41) is 1.56. The Balaban J connectivity index is 1.95. The zero-order valence-electron chi connectivity index (χ0n) is 16.1. The van der Waals surface area contributed by atoms with Gasteiger partial charge >= 0.3 is 186 Å². The second kappa shape index (κ2) is 8.42. The summed E-state index contributed by atoms with van der Waals surface area (Å²) in [5.41, 5.74) is 0. The van der Waals surface area contributed by atoms with E-state index in [2.05, 4.69) is 122 Å². The number of halogens is 2. The molecule has 4 rings (SSSR count). The summed E-state index contributed by atoms with van der Waals surface area (Å²) in [4.78, 5) is 0.690. The van der Waals surface area contributed by atoms with Gasteiger partial charge in [-0.2, -0.15) is 0 Å². The van der Waals surface area contributed by atoms with Gasteiger partial charge in [-0.15, -0.1) is 0 Å². The summed E-state index contributed by atoms with van der Waals surface area (Å²) < 4.78 is 0. The molecule has 0 aromatic heterocycles. The molecule has 0 atom stereocenters. The van der Waals surface area contributed by atoms with Crippen LogP contribution in [0.4, 0.5) is 0 Å². The topological polar surface area (TPSA) is 0 Å². The van der Waals surface area contributed by atoms with Gasteiger partial charge in [0.25, 0.3) is 0 Å². The molecule has 3 aromatic carbocycles. The molecule has 0 amide bonds. The third-order valence-electron chi connectivity index (χ3n) is 6.26.